The summed E-state index contributed by atoms with van der Waals surface area (Å²) in [4.78, 5) is 58.3. The Kier molecular flexibility index (Phi) is 7.68. The molecule has 13 nitrogen and oxygen atoms in total. The zero-order chi connectivity index (χ0) is 25.1. The van der Waals surface area contributed by atoms with Crippen LogP contribution in [0.2, 0.25) is 0 Å². The Bertz CT molecular complexity index is 1230. The number of amides is 2. The molecular weight excluding hydrogens is 541 g/mol. The third-order valence-corrected chi connectivity index (χ3v) is 8.63. The fourth-order valence-corrected chi connectivity index (χ4v) is 7.01. The van der Waals surface area contributed by atoms with E-state index in [4.69, 9.17) is 9.94 Å². The average Bonchev–Trinajstić information content (AvgIpc) is 3.49. The van der Waals surface area contributed by atoms with E-state index in [-0.39, 0.29) is 17.1 Å². The Morgan fingerprint density at radius 1 is 1.34 bits per heavy atom. The van der Waals surface area contributed by atoms with E-state index < -0.39 is 41.8 Å². The van der Waals surface area contributed by atoms with E-state index in [1.165, 1.54) is 62.0 Å². The zero-order valence-corrected chi connectivity index (χ0v) is 21.0. The molecule has 0 bridgehead atoms. The Hall–Kier alpha value is -3.02. The number of hydrogen-bond donors (Lipinski definition) is 3. The van der Waals surface area contributed by atoms with Crippen molar-refractivity contribution >= 4 is 75.7 Å². The van der Waals surface area contributed by atoms with Crippen LogP contribution in [0.4, 0.5) is 0 Å². The first-order valence-corrected chi connectivity index (χ1v) is 13.5. The molecule has 184 valence electrons. The topological polar surface area (TPSA) is 184 Å². The summed E-state index contributed by atoms with van der Waals surface area (Å²) in [5, 5.41) is 34.3. The number of fused-ring (bicyclic) bond motifs is 1. The number of carboxylic acids is 2. The van der Waals surface area contributed by atoms with Gasteiger partial charge in [-0.3, -0.25) is 14.5 Å². The molecule has 0 aliphatic carbocycles. The van der Waals surface area contributed by atoms with E-state index in [9.17, 15) is 24.3 Å². The van der Waals surface area contributed by atoms with Gasteiger partial charge in [0.15, 0.2) is 10.1 Å². The van der Waals surface area contributed by atoms with Gasteiger partial charge in [0, 0.05) is 16.9 Å². The summed E-state index contributed by atoms with van der Waals surface area (Å²) in [7, 11) is 0. The first kappa shape index (κ1) is 25.1. The van der Waals surface area contributed by atoms with Gasteiger partial charge in [-0.1, -0.05) is 28.3 Å². The Balaban J connectivity index is 1.47. The molecule has 17 heteroatoms. The van der Waals surface area contributed by atoms with Gasteiger partial charge in [0.1, 0.15) is 27.8 Å². The number of aromatic nitrogens is 3. The number of nitrogens with zero attached hydrogens (tertiary/aromatic N) is 5. The van der Waals surface area contributed by atoms with E-state index in [1.807, 2.05) is 6.92 Å². The van der Waals surface area contributed by atoms with E-state index >= 15 is 0 Å². The minimum atomic E-state index is -1.28. The third kappa shape index (κ3) is 5.47. The third-order valence-electron chi connectivity index (χ3n) is 4.65. The normalized spacial score (nSPS) is 19.7. The summed E-state index contributed by atoms with van der Waals surface area (Å²) in [5.41, 5.74) is 1.78. The van der Waals surface area contributed by atoms with E-state index in [0.29, 0.717) is 21.4 Å². The second-order valence-electron chi connectivity index (χ2n) is 6.97. The maximum absolute atomic E-state index is 12.9. The Morgan fingerprint density at radius 3 is 2.77 bits per heavy atom. The van der Waals surface area contributed by atoms with Crippen LogP contribution in [0, 0.1) is 6.92 Å². The van der Waals surface area contributed by atoms with Crippen LogP contribution in [0.1, 0.15) is 10.7 Å². The molecule has 35 heavy (non-hydrogen) atoms. The lowest BCUT2D eigenvalue weighted by molar-refractivity contribution is -0.150. The summed E-state index contributed by atoms with van der Waals surface area (Å²) >= 11 is 5.26. The number of carboxylic acid groups (broad SMARTS) is 2. The predicted molar refractivity (Wildman–Crippen MR) is 127 cm³/mol. The molecule has 2 atom stereocenters. The molecule has 2 aromatic heterocycles. The van der Waals surface area contributed by atoms with E-state index in [0.717, 1.165) is 5.01 Å². The molecule has 2 aliphatic heterocycles. The molecule has 4 heterocycles. The number of nitrogens with one attached hydrogen (secondary N) is 1. The van der Waals surface area contributed by atoms with Crippen molar-refractivity contribution in [3.05, 3.63) is 32.9 Å². The molecule has 2 aliphatic rings. The molecule has 1 saturated heterocycles. The number of thiazole rings is 1. The highest BCUT2D eigenvalue weighted by Gasteiger charge is 2.54. The van der Waals surface area contributed by atoms with Gasteiger partial charge in [0.2, 0.25) is 6.61 Å². The van der Waals surface area contributed by atoms with Crippen LogP contribution >= 0.6 is 46.2 Å². The maximum atomic E-state index is 12.9. The summed E-state index contributed by atoms with van der Waals surface area (Å²) in [6.45, 7) is 1.06. The summed E-state index contributed by atoms with van der Waals surface area (Å²) in [6.07, 6.45) is 0. The number of carbonyl (C=O) groups excluding carboxylic acids is 2. The number of aliphatic carboxylic acids is 2. The van der Waals surface area contributed by atoms with Gasteiger partial charge in [-0.25, -0.2) is 14.6 Å². The van der Waals surface area contributed by atoms with Crippen LogP contribution < -0.4 is 5.32 Å². The largest absolute Gasteiger partial charge is 0.479 e. The highest BCUT2D eigenvalue weighted by atomic mass is 32.2. The van der Waals surface area contributed by atoms with Gasteiger partial charge in [0.25, 0.3) is 11.8 Å². The molecule has 0 spiro atoms. The van der Waals surface area contributed by atoms with Crippen LogP contribution in [0.3, 0.4) is 0 Å². The fraction of sp³-hybridized carbons (Fsp3) is 0.333. The minimum Gasteiger partial charge on any atom is -0.479 e. The molecule has 0 saturated carbocycles. The fourth-order valence-electron chi connectivity index (χ4n) is 3.18. The highest BCUT2D eigenvalue weighted by molar-refractivity contribution is 8.01. The van der Waals surface area contributed by atoms with Crippen molar-refractivity contribution in [1.82, 2.24) is 25.4 Å². The number of rotatable bonds is 10. The number of hydrogen-bond acceptors (Lipinski definition) is 13. The van der Waals surface area contributed by atoms with Crippen LogP contribution in [-0.4, -0.2) is 89.3 Å². The maximum Gasteiger partial charge on any atom is 0.352 e. The number of thioether (sulfide) groups is 2. The second kappa shape index (κ2) is 10.7. The van der Waals surface area contributed by atoms with E-state index in [1.54, 1.807) is 0 Å². The van der Waals surface area contributed by atoms with E-state index in [2.05, 4.69) is 25.7 Å². The molecule has 2 aromatic rings. The zero-order valence-electron chi connectivity index (χ0n) is 17.7. The van der Waals surface area contributed by atoms with Crippen molar-refractivity contribution in [3.8, 4) is 0 Å². The first-order chi connectivity index (χ1) is 16.8. The number of aryl methyl sites for hydroxylation is 1. The van der Waals surface area contributed by atoms with Crippen molar-refractivity contribution in [2.24, 2.45) is 5.16 Å². The van der Waals surface area contributed by atoms with Gasteiger partial charge in [-0.2, -0.15) is 0 Å². The minimum absolute atomic E-state index is 0.101. The van der Waals surface area contributed by atoms with Crippen LogP contribution in [-0.2, 0) is 24.0 Å². The van der Waals surface area contributed by atoms with Crippen molar-refractivity contribution in [2.75, 3.05) is 18.1 Å². The van der Waals surface area contributed by atoms with Gasteiger partial charge < -0.3 is 20.4 Å². The standard InChI is InChI=1S/C18H16N6O7S4/c1-7-21-22-18(35-7)34-4-8-3-33-16-12(15(28)24(16)13(8)17(29)30)20-14(27)11(9-5-32-6-19-9)23-31-2-10(25)26/h5-6,12,16H,2-4H2,1H3,(H,20,27)(H,25,26)(H,29,30)/t12?,16-/m0/s1. The van der Waals surface area contributed by atoms with Crippen molar-refractivity contribution in [1.29, 1.82) is 0 Å². The van der Waals surface area contributed by atoms with Gasteiger partial charge in [-0.15, -0.1) is 33.3 Å². The van der Waals surface area contributed by atoms with Crippen LogP contribution in [0.15, 0.2) is 31.7 Å². The number of carbonyl (C=O) groups is 4. The quantitative estimate of drug-likeness (QED) is 0.161. The first-order valence-electron chi connectivity index (χ1n) is 9.70. The molecular formula is C18H16N6O7S4. The Labute approximate surface area is 213 Å². The summed E-state index contributed by atoms with van der Waals surface area (Å²) < 4.78 is 0.700. The number of β-lactam (4-membered cyclic amide) rings is 1. The molecule has 1 fully saturated rings. The predicted octanol–water partition coefficient (Wildman–Crippen LogP) is 0.639. The molecule has 0 radical (unpaired) electrons. The molecule has 1 unspecified atom stereocenters. The molecule has 4 rings (SSSR count). The lowest BCUT2D eigenvalue weighted by Gasteiger charge is -2.49. The van der Waals surface area contributed by atoms with Gasteiger partial charge in [-0.05, 0) is 12.5 Å². The SMILES string of the molecule is Cc1nnc(SCC2=C(C(=O)O)N3C(=O)C(NC(=O)C(=NOCC(=O)O)c4cscn4)[C@@H]3SC2)s1. The second-order valence-corrected chi connectivity index (χ2v) is 11.2. The monoisotopic (exact) mass is 556 g/mol. The van der Waals surface area contributed by atoms with Crippen molar-refractivity contribution in [3.63, 3.8) is 0 Å². The smallest absolute Gasteiger partial charge is 0.352 e. The van der Waals surface area contributed by atoms with Gasteiger partial charge in [0.05, 0.1) is 5.51 Å². The van der Waals surface area contributed by atoms with Crippen molar-refractivity contribution < 1.29 is 34.2 Å². The average molecular weight is 557 g/mol. The summed E-state index contributed by atoms with van der Waals surface area (Å²) in [6, 6.07) is -0.995. The molecule has 0 aromatic carbocycles. The van der Waals surface area contributed by atoms with Crippen molar-refractivity contribution in [2.45, 2.75) is 22.7 Å². The molecule has 3 N–H and O–H groups in total. The van der Waals surface area contributed by atoms with Crippen LogP contribution in [0.5, 0.6) is 0 Å². The number of oxime groups is 1. The van der Waals surface area contributed by atoms with Crippen LogP contribution in [0.25, 0.3) is 0 Å². The highest BCUT2D eigenvalue weighted by Crippen LogP contribution is 2.41. The lowest BCUT2D eigenvalue weighted by Crippen LogP contribution is -2.71. The van der Waals surface area contributed by atoms with Gasteiger partial charge >= 0.3 is 11.9 Å². The molecule has 2 amide bonds. The Morgan fingerprint density at radius 2 is 2.14 bits per heavy atom. The summed E-state index contributed by atoms with van der Waals surface area (Å²) in [5.74, 6) is -3.21. The lowest BCUT2D eigenvalue weighted by atomic mass is 10.0.